The highest BCUT2D eigenvalue weighted by Gasteiger charge is 2.24. The van der Waals surface area contributed by atoms with Crippen molar-refractivity contribution >= 4 is 39.4 Å². The van der Waals surface area contributed by atoms with Crippen molar-refractivity contribution in [2.24, 2.45) is 7.05 Å². The van der Waals surface area contributed by atoms with Crippen LogP contribution in [0.2, 0.25) is 5.02 Å². The number of ether oxygens (including phenoxy) is 1. The molecule has 2 aromatic heterocycles. The predicted molar refractivity (Wildman–Crippen MR) is 100 cm³/mol. The van der Waals surface area contributed by atoms with Gasteiger partial charge in [-0.1, -0.05) is 29.8 Å². The van der Waals surface area contributed by atoms with E-state index >= 15 is 0 Å². The van der Waals surface area contributed by atoms with Crippen molar-refractivity contribution in [2.45, 2.75) is 0 Å². The average Bonchev–Trinajstić information content (AvgIpc) is 2.95. The molecular formula is C19H14ClN3O3. The minimum atomic E-state index is -0.618. The third-order valence-corrected chi connectivity index (χ3v) is 4.61. The van der Waals surface area contributed by atoms with Crippen molar-refractivity contribution in [1.82, 2.24) is 14.3 Å². The van der Waals surface area contributed by atoms with E-state index in [0.717, 1.165) is 5.52 Å². The van der Waals surface area contributed by atoms with Gasteiger partial charge in [0.05, 0.1) is 12.8 Å². The Kier molecular flexibility index (Phi) is 3.77. The average molecular weight is 368 g/mol. The van der Waals surface area contributed by atoms with Crippen LogP contribution >= 0.6 is 11.6 Å². The minimum absolute atomic E-state index is 0.0684. The molecule has 6 nitrogen and oxygen atoms in total. The van der Waals surface area contributed by atoms with Gasteiger partial charge in [0.25, 0.3) is 5.56 Å². The van der Waals surface area contributed by atoms with Gasteiger partial charge in [-0.05, 0) is 30.3 Å². The molecule has 0 radical (unpaired) electrons. The first-order valence-electron chi connectivity index (χ1n) is 7.87. The summed E-state index contributed by atoms with van der Waals surface area (Å²) in [6.07, 6.45) is 0. The maximum atomic E-state index is 13.2. The molecule has 0 aliphatic heterocycles. The first-order valence-corrected chi connectivity index (χ1v) is 8.25. The molecule has 0 amide bonds. The molecule has 7 heteroatoms. The Morgan fingerprint density at radius 1 is 1.15 bits per heavy atom. The monoisotopic (exact) mass is 367 g/mol. The van der Waals surface area contributed by atoms with Crippen LogP contribution in [0.1, 0.15) is 10.5 Å². The van der Waals surface area contributed by atoms with E-state index in [1.807, 2.05) is 12.1 Å². The van der Waals surface area contributed by atoms with Crippen molar-refractivity contribution < 1.29 is 9.53 Å². The van der Waals surface area contributed by atoms with E-state index in [9.17, 15) is 9.59 Å². The van der Waals surface area contributed by atoms with Crippen molar-refractivity contribution in [3.8, 4) is 5.69 Å². The van der Waals surface area contributed by atoms with Gasteiger partial charge in [-0.15, -0.1) is 0 Å². The summed E-state index contributed by atoms with van der Waals surface area (Å²) in [6.45, 7) is 0. The second kappa shape index (κ2) is 6.00. The number of carbonyl (C=O) groups is 1. The quantitative estimate of drug-likeness (QED) is 0.510. The summed E-state index contributed by atoms with van der Waals surface area (Å²) in [7, 11) is 3.06. The predicted octanol–water partition coefficient (Wildman–Crippen LogP) is 3.32. The molecule has 0 fully saturated rings. The highest BCUT2D eigenvalue weighted by molar-refractivity contribution is 6.32. The number of rotatable bonds is 2. The zero-order valence-electron chi connectivity index (χ0n) is 14.1. The van der Waals surface area contributed by atoms with Gasteiger partial charge in [-0.2, -0.15) is 9.78 Å². The van der Waals surface area contributed by atoms with Crippen LogP contribution < -0.4 is 5.56 Å². The van der Waals surface area contributed by atoms with Gasteiger partial charge in [0.15, 0.2) is 5.69 Å². The fourth-order valence-electron chi connectivity index (χ4n) is 3.19. The third-order valence-electron chi connectivity index (χ3n) is 4.37. The number of aromatic nitrogens is 3. The summed E-state index contributed by atoms with van der Waals surface area (Å²) in [5.41, 5.74) is 1.45. The number of halogens is 1. The lowest BCUT2D eigenvalue weighted by molar-refractivity contribution is 0.0594. The van der Waals surface area contributed by atoms with Crippen molar-refractivity contribution in [1.29, 1.82) is 0 Å². The second-order valence-corrected chi connectivity index (χ2v) is 6.27. The fourth-order valence-corrected chi connectivity index (χ4v) is 3.36. The van der Waals surface area contributed by atoms with Crippen LogP contribution in [-0.2, 0) is 11.8 Å². The van der Waals surface area contributed by atoms with Crippen LogP contribution in [0.5, 0.6) is 0 Å². The molecule has 0 bridgehead atoms. The lowest BCUT2D eigenvalue weighted by Gasteiger charge is -2.08. The van der Waals surface area contributed by atoms with E-state index in [4.69, 9.17) is 16.3 Å². The number of esters is 1. The van der Waals surface area contributed by atoms with E-state index < -0.39 is 5.97 Å². The maximum absolute atomic E-state index is 13.2. The zero-order valence-corrected chi connectivity index (χ0v) is 14.8. The normalized spacial score (nSPS) is 11.2. The highest BCUT2D eigenvalue weighted by atomic mass is 35.5. The molecule has 4 rings (SSSR count). The van der Waals surface area contributed by atoms with Gasteiger partial charge in [0.1, 0.15) is 5.52 Å². The number of hydrogen-bond acceptors (Lipinski definition) is 4. The SMILES string of the molecule is COC(=O)c1nn(-c2ccccc2)c(=O)c2c1c1cc(Cl)ccc1n2C. The molecule has 0 spiro atoms. The Hall–Kier alpha value is -3.12. The molecule has 0 aliphatic carbocycles. The van der Waals surface area contributed by atoms with Gasteiger partial charge in [0.2, 0.25) is 0 Å². The number of benzene rings is 2. The molecule has 0 atom stereocenters. The van der Waals surface area contributed by atoms with Crippen molar-refractivity contribution in [2.75, 3.05) is 7.11 Å². The standard InChI is InChI=1S/C19H14ClN3O3/c1-22-14-9-8-11(20)10-13(14)15-16(19(25)26-2)21-23(18(24)17(15)22)12-6-4-3-5-7-12/h3-10H,1-2H3. The van der Waals surface area contributed by atoms with Crippen molar-refractivity contribution in [3.05, 3.63) is 69.6 Å². The fraction of sp³-hybridized carbons (Fsp3) is 0.105. The first kappa shape index (κ1) is 16.4. The Bertz CT molecular complexity index is 1230. The molecule has 26 heavy (non-hydrogen) atoms. The van der Waals surface area contributed by atoms with Crippen LogP contribution in [0.25, 0.3) is 27.5 Å². The first-order chi connectivity index (χ1) is 12.5. The molecule has 2 aromatic carbocycles. The maximum Gasteiger partial charge on any atom is 0.359 e. The van der Waals surface area contributed by atoms with Crippen LogP contribution in [0.3, 0.4) is 0 Å². The van der Waals surface area contributed by atoms with E-state index in [2.05, 4.69) is 5.10 Å². The van der Waals surface area contributed by atoms with Crippen LogP contribution in [-0.4, -0.2) is 27.4 Å². The van der Waals surface area contributed by atoms with Gasteiger partial charge in [-0.25, -0.2) is 4.79 Å². The van der Waals surface area contributed by atoms with Gasteiger partial charge in [0, 0.05) is 28.4 Å². The van der Waals surface area contributed by atoms with Crippen LogP contribution in [0.15, 0.2) is 53.3 Å². The molecule has 4 aromatic rings. The number of methoxy groups -OCH3 is 1. The van der Waals surface area contributed by atoms with E-state index in [1.165, 1.54) is 11.8 Å². The van der Waals surface area contributed by atoms with Gasteiger partial charge in [-0.3, -0.25) is 4.79 Å². The summed E-state index contributed by atoms with van der Waals surface area (Å²) in [4.78, 5) is 25.6. The lowest BCUT2D eigenvalue weighted by Crippen LogP contribution is -2.25. The summed E-state index contributed by atoms with van der Waals surface area (Å²) in [5, 5.41) is 5.93. The van der Waals surface area contributed by atoms with E-state index in [1.54, 1.807) is 48.0 Å². The molecule has 0 aliphatic rings. The number of hydrogen-bond donors (Lipinski definition) is 0. The summed E-state index contributed by atoms with van der Waals surface area (Å²) >= 11 is 6.13. The number of fused-ring (bicyclic) bond motifs is 3. The Balaban J connectivity index is 2.24. The number of nitrogens with zero attached hydrogens (tertiary/aromatic N) is 3. The summed E-state index contributed by atoms with van der Waals surface area (Å²) in [6, 6.07) is 14.2. The van der Waals surface area contributed by atoms with E-state index in [0.29, 0.717) is 27.0 Å². The third kappa shape index (κ3) is 2.30. The van der Waals surface area contributed by atoms with Crippen LogP contribution in [0, 0.1) is 0 Å². The van der Waals surface area contributed by atoms with E-state index in [-0.39, 0.29) is 11.3 Å². The number of carbonyl (C=O) groups excluding carboxylic acids is 1. The Morgan fingerprint density at radius 3 is 2.58 bits per heavy atom. The zero-order chi connectivity index (χ0) is 18.4. The summed E-state index contributed by atoms with van der Waals surface area (Å²) in [5.74, 6) is -0.618. The Morgan fingerprint density at radius 2 is 1.88 bits per heavy atom. The van der Waals surface area contributed by atoms with Gasteiger partial charge >= 0.3 is 5.97 Å². The minimum Gasteiger partial charge on any atom is -0.464 e. The Labute approximate surface area is 153 Å². The lowest BCUT2D eigenvalue weighted by atomic mass is 10.1. The molecule has 0 N–H and O–H groups in total. The molecule has 0 unspecified atom stereocenters. The number of aryl methyl sites for hydroxylation is 1. The molecular weight excluding hydrogens is 354 g/mol. The highest BCUT2D eigenvalue weighted by Crippen LogP contribution is 2.30. The molecule has 130 valence electrons. The second-order valence-electron chi connectivity index (χ2n) is 5.84. The topological polar surface area (TPSA) is 66.1 Å². The molecule has 0 saturated carbocycles. The number of para-hydroxylation sites is 1. The smallest absolute Gasteiger partial charge is 0.359 e. The molecule has 0 saturated heterocycles. The molecule has 2 heterocycles. The van der Waals surface area contributed by atoms with Crippen LogP contribution in [0.4, 0.5) is 0 Å². The summed E-state index contributed by atoms with van der Waals surface area (Å²) < 4.78 is 7.87. The van der Waals surface area contributed by atoms with Crippen molar-refractivity contribution in [3.63, 3.8) is 0 Å². The largest absolute Gasteiger partial charge is 0.464 e. The van der Waals surface area contributed by atoms with Gasteiger partial charge < -0.3 is 9.30 Å².